The Labute approximate surface area is 189 Å². The van der Waals surface area contributed by atoms with Crippen molar-refractivity contribution in [2.24, 2.45) is 0 Å². The Morgan fingerprint density at radius 3 is 2.87 bits per heavy atom. The van der Waals surface area contributed by atoms with E-state index in [4.69, 9.17) is 9.72 Å². The zero-order valence-corrected chi connectivity index (χ0v) is 20.7. The second-order valence-electron chi connectivity index (χ2n) is 10.2. The van der Waals surface area contributed by atoms with E-state index >= 15 is 0 Å². The Morgan fingerprint density at radius 1 is 1.23 bits per heavy atom. The zero-order chi connectivity index (χ0) is 21.5. The van der Waals surface area contributed by atoms with E-state index in [9.17, 15) is 0 Å². The molecule has 3 aromatic heterocycles. The van der Waals surface area contributed by atoms with Crippen molar-refractivity contribution in [3.63, 3.8) is 0 Å². The van der Waals surface area contributed by atoms with E-state index in [0.29, 0.717) is 12.3 Å². The summed E-state index contributed by atoms with van der Waals surface area (Å²) in [4.78, 5) is 12.0. The third kappa shape index (κ3) is 4.31. The lowest BCUT2D eigenvalue weighted by atomic mass is 9.97. The van der Waals surface area contributed by atoms with Crippen LogP contribution in [0.15, 0.2) is 30.0 Å². The van der Waals surface area contributed by atoms with Crippen molar-refractivity contribution in [2.75, 3.05) is 31.1 Å². The predicted octanol–water partition coefficient (Wildman–Crippen LogP) is 4.80. The third-order valence-electron chi connectivity index (χ3n) is 6.65. The maximum Gasteiger partial charge on any atom is 0.144 e. The van der Waals surface area contributed by atoms with Crippen LogP contribution in [0.1, 0.15) is 19.3 Å². The molecule has 1 atom stereocenters. The van der Waals surface area contributed by atoms with E-state index in [1.165, 1.54) is 41.9 Å². The maximum absolute atomic E-state index is 6.09. The lowest BCUT2D eigenvalue weighted by Crippen LogP contribution is -2.42. The number of hydrogen-bond acceptors (Lipinski definition) is 6. The minimum absolute atomic E-state index is 0.291. The largest absolute Gasteiger partial charge is 0.369 e. The van der Waals surface area contributed by atoms with Crippen LogP contribution in [0.3, 0.4) is 0 Å². The Kier molecular flexibility index (Phi) is 5.66. The summed E-state index contributed by atoms with van der Waals surface area (Å²) in [6, 6.07) is 3.36. The van der Waals surface area contributed by atoms with E-state index in [1.54, 1.807) is 11.3 Å². The molecule has 31 heavy (non-hydrogen) atoms. The summed E-state index contributed by atoms with van der Waals surface area (Å²) in [6.45, 7) is 11.8. The standard InChI is InChI=1S/C23H33N5OSSi/c1-31(2,3)14-12-29-17-28-15-18(22-25-10-13-30-22)20-19(5-9-24-21(20)28)27-11-7-23(16-27)6-4-8-26-23/h5,9-10,13,15,26H,4,6-8,11-12,14,16-17H2,1-3H3/t23-/m0/s1. The average Bonchev–Trinajstić information content (AvgIpc) is 3.53. The first-order valence-electron chi connectivity index (χ1n) is 11.4. The van der Waals surface area contributed by atoms with Crippen LogP contribution < -0.4 is 10.2 Å². The number of ether oxygens (including phenoxy) is 1. The minimum Gasteiger partial charge on any atom is -0.369 e. The van der Waals surface area contributed by atoms with Crippen molar-refractivity contribution in [2.45, 2.75) is 57.2 Å². The number of fused-ring (bicyclic) bond motifs is 1. The van der Waals surface area contributed by atoms with Gasteiger partial charge in [0.1, 0.15) is 17.4 Å². The zero-order valence-electron chi connectivity index (χ0n) is 18.9. The van der Waals surface area contributed by atoms with Gasteiger partial charge in [0, 0.05) is 62.8 Å². The smallest absolute Gasteiger partial charge is 0.144 e. The summed E-state index contributed by atoms with van der Waals surface area (Å²) in [5.41, 5.74) is 3.74. The molecule has 2 aliphatic rings. The Balaban J connectivity index is 1.48. The van der Waals surface area contributed by atoms with Gasteiger partial charge in [0.2, 0.25) is 0 Å². The SMILES string of the molecule is C[Si](C)(C)CCOCn1cc(-c2nccs2)c2c(N3CC[C@@]4(CCCN4)C3)ccnc21. The van der Waals surface area contributed by atoms with Crippen molar-refractivity contribution in [1.29, 1.82) is 0 Å². The van der Waals surface area contributed by atoms with Gasteiger partial charge in [0.25, 0.3) is 0 Å². The molecule has 0 amide bonds. The van der Waals surface area contributed by atoms with Crippen molar-refractivity contribution < 1.29 is 4.74 Å². The number of rotatable bonds is 7. The molecule has 0 bridgehead atoms. The van der Waals surface area contributed by atoms with Gasteiger partial charge in [0.05, 0.1) is 11.1 Å². The molecule has 0 aliphatic carbocycles. The van der Waals surface area contributed by atoms with Crippen LogP contribution in [-0.4, -0.2) is 54.4 Å². The number of aromatic nitrogens is 3. The Hall–Kier alpha value is -1.74. The Morgan fingerprint density at radius 2 is 2.13 bits per heavy atom. The summed E-state index contributed by atoms with van der Waals surface area (Å²) >= 11 is 1.69. The number of thiazole rings is 1. The van der Waals surface area contributed by atoms with Crippen LogP contribution in [-0.2, 0) is 11.5 Å². The molecule has 1 spiro atoms. The fourth-order valence-electron chi connectivity index (χ4n) is 4.92. The number of pyridine rings is 1. The molecule has 5 rings (SSSR count). The molecular weight excluding hydrogens is 422 g/mol. The normalized spacial score (nSPS) is 21.7. The van der Waals surface area contributed by atoms with E-state index in [-0.39, 0.29) is 0 Å². The molecule has 2 aliphatic heterocycles. The molecule has 8 heteroatoms. The van der Waals surface area contributed by atoms with E-state index < -0.39 is 8.07 Å². The monoisotopic (exact) mass is 455 g/mol. The summed E-state index contributed by atoms with van der Waals surface area (Å²) in [5, 5.41) is 8.09. The van der Waals surface area contributed by atoms with Crippen molar-refractivity contribution in [1.82, 2.24) is 19.9 Å². The summed E-state index contributed by atoms with van der Waals surface area (Å²) in [6.07, 6.45) is 9.81. The van der Waals surface area contributed by atoms with Crippen molar-refractivity contribution in [3.8, 4) is 10.6 Å². The highest BCUT2D eigenvalue weighted by Gasteiger charge is 2.40. The lowest BCUT2D eigenvalue weighted by Gasteiger charge is -2.26. The fourth-order valence-corrected chi connectivity index (χ4v) is 6.33. The second kappa shape index (κ2) is 8.31. The topological polar surface area (TPSA) is 55.2 Å². The first-order chi connectivity index (χ1) is 14.9. The van der Waals surface area contributed by atoms with Crippen LogP contribution in [0.2, 0.25) is 25.7 Å². The lowest BCUT2D eigenvalue weighted by molar-refractivity contribution is 0.0899. The number of anilines is 1. The van der Waals surface area contributed by atoms with Crippen molar-refractivity contribution in [3.05, 3.63) is 30.0 Å². The highest BCUT2D eigenvalue weighted by Crippen LogP contribution is 2.40. The second-order valence-corrected chi connectivity index (χ2v) is 16.7. The Bertz CT molecular complexity index is 1040. The van der Waals surface area contributed by atoms with Gasteiger partial charge in [-0.2, -0.15) is 0 Å². The maximum atomic E-state index is 6.09. The summed E-state index contributed by atoms with van der Waals surface area (Å²) in [7, 11) is -1.10. The predicted molar refractivity (Wildman–Crippen MR) is 132 cm³/mol. The van der Waals surface area contributed by atoms with Crippen LogP contribution in [0.5, 0.6) is 0 Å². The molecule has 6 nitrogen and oxygen atoms in total. The molecule has 0 radical (unpaired) electrons. The molecule has 2 saturated heterocycles. The fraction of sp³-hybridized carbons (Fsp3) is 0.565. The van der Waals surface area contributed by atoms with E-state index in [1.807, 2.05) is 17.8 Å². The molecule has 0 aromatic carbocycles. The number of nitrogens with one attached hydrogen (secondary N) is 1. The third-order valence-corrected chi connectivity index (χ3v) is 9.16. The molecule has 5 heterocycles. The number of nitrogens with zero attached hydrogens (tertiary/aromatic N) is 4. The van der Waals surface area contributed by atoms with Crippen LogP contribution in [0, 0.1) is 0 Å². The van der Waals surface area contributed by atoms with E-state index in [2.05, 4.69) is 51.7 Å². The molecule has 3 aromatic rings. The van der Waals surface area contributed by atoms with Gasteiger partial charge in [-0.15, -0.1) is 11.3 Å². The van der Waals surface area contributed by atoms with Gasteiger partial charge in [0.15, 0.2) is 0 Å². The molecule has 0 saturated carbocycles. The van der Waals surface area contributed by atoms with Gasteiger partial charge in [-0.1, -0.05) is 19.6 Å². The van der Waals surface area contributed by atoms with Gasteiger partial charge in [-0.05, 0) is 37.9 Å². The minimum atomic E-state index is -1.10. The molecule has 1 N–H and O–H groups in total. The van der Waals surface area contributed by atoms with Crippen LogP contribution in [0.4, 0.5) is 5.69 Å². The highest BCUT2D eigenvalue weighted by atomic mass is 32.1. The van der Waals surface area contributed by atoms with Crippen molar-refractivity contribution >= 4 is 36.1 Å². The van der Waals surface area contributed by atoms with Gasteiger partial charge in [-0.3, -0.25) is 0 Å². The number of hydrogen-bond donors (Lipinski definition) is 1. The van der Waals surface area contributed by atoms with E-state index in [0.717, 1.165) is 36.9 Å². The van der Waals surface area contributed by atoms with Crippen LogP contribution in [0.25, 0.3) is 21.6 Å². The molecule has 2 fully saturated rings. The first kappa shape index (κ1) is 21.1. The summed E-state index contributed by atoms with van der Waals surface area (Å²) in [5.74, 6) is 0. The van der Waals surface area contributed by atoms with Gasteiger partial charge >= 0.3 is 0 Å². The average molecular weight is 456 g/mol. The summed E-state index contributed by atoms with van der Waals surface area (Å²) < 4.78 is 8.26. The van der Waals surface area contributed by atoms with Crippen LogP contribution >= 0.6 is 11.3 Å². The van der Waals surface area contributed by atoms with Gasteiger partial charge in [-0.25, -0.2) is 9.97 Å². The molecule has 166 valence electrons. The molecule has 0 unspecified atom stereocenters. The first-order valence-corrected chi connectivity index (χ1v) is 16.0. The quantitative estimate of drug-likeness (QED) is 0.409. The van der Waals surface area contributed by atoms with Gasteiger partial charge < -0.3 is 19.5 Å². The molecular formula is C23H33N5OSSi. The highest BCUT2D eigenvalue weighted by molar-refractivity contribution is 7.13.